The summed E-state index contributed by atoms with van der Waals surface area (Å²) in [5, 5.41) is 11.1. The van der Waals surface area contributed by atoms with Crippen molar-refractivity contribution in [3.8, 4) is 17.0 Å². The Balaban J connectivity index is 0.00000294. The van der Waals surface area contributed by atoms with Crippen molar-refractivity contribution in [2.45, 2.75) is 57.0 Å². The maximum absolute atomic E-state index is 12.0. The highest BCUT2D eigenvalue weighted by molar-refractivity contribution is 5.98. The molecule has 3 aliphatic rings. The third-order valence-corrected chi connectivity index (χ3v) is 9.08. The van der Waals surface area contributed by atoms with Gasteiger partial charge < -0.3 is 19.3 Å². The number of aromatic carboxylic acids is 1. The molecular weight excluding hydrogens is 462 g/mol. The lowest BCUT2D eigenvalue weighted by Crippen LogP contribution is -2.33. The maximum atomic E-state index is 12.0. The van der Waals surface area contributed by atoms with Crippen LogP contribution in [0.1, 0.15) is 73.4 Å². The number of carboxylic acid groups (broad SMARTS) is 1. The summed E-state index contributed by atoms with van der Waals surface area (Å²) in [4.78, 5) is 16.9. The van der Waals surface area contributed by atoms with Crippen molar-refractivity contribution in [2.75, 3.05) is 40.8 Å². The summed E-state index contributed by atoms with van der Waals surface area (Å²) in [5.41, 5.74) is 6.90. The van der Waals surface area contributed by atoms with Gasteiger partial charge in [0, 0.05) is 43.6 Å². The summed E-state index contributed by atoms with van der Waals surface area (Å²) < 4.78 is 8.24. The smallest absolute Gasteiger partial charge is 0.335 e. The van der Waals surface area contributed by atoms with Crippen molar-refractivity contribution in [2.24, 2.45) is 5.92 Å². The van der Waals surface area contributed by atoms with Gasteiger partial charge in [-0.15, -0.1) is 0 Å². The van der Waals surface area contributed by atoms with Crippen LogP contribution in [0.25, 0.3) is 22.2 Å². The zero-order chi connectivity index (χ0) is 25.7. The third kappa shape index (κ3) is 4.24. The predicted octanol–water partition coefficient (Wildman–Crippen LogP) is 6.25. The molecule has 6 rings (SSSR count). The first-order chi connectivity index (χ1) is 18.0. The highest BCUT2D eigenvalue weighted by atomic mass is 16.5. The number of methoxy groups -OCH3 is 1. The monoisotopic (exact) mass is 503 g/mol. The number of benzene rings is 2. The van der Waals surface area contributed by atoms with E-state index in [-0.39, 0.29) is 1.43 Å². The van der Waals surface area contributed by atoms with Gasteiger partial charge in [0.15, 0.2) is 0 Å². The number of nitrogens with zero attached hydrogens (tertiary/aromatic N) is 3. The molecule has 37 heavy (non-hydrogen) atoms. The van der Waals surface area contributed by atoms with E-state index < -0.39 is 5.97 Å². The SMILES string of the molecule is COc1ccc2c(c1)[C@H]1[C@@H](CCN1CCN(C)C)Cn1c-2c(C2CCCCC2)c2ccc(C(=O)O)cc21.[HH]. The number of likely N-dealkylation sites (tertiary alicyclic amines) is 1. The third-order valence-electron chi connectivity index (χ3n) is 9.08. The quantitative estimate of drug-likeness (QED) is 0.431. The molecule has 0 spiro atoms. The lowest BCUT2D eigenvalue weighted by molar-refractivity contribution is 0.0697. The topological polar surface area (TPSA) is 57.9 Å². The highest BCUT2D eigenvalue weighted by Crippen LogP contribution is 2.52. The Morgan fingerprint density at radius 3 is 2.65 bits per heavy atom. The van der Waals surface area contributed by atoms with Gasteiger partial charge in [0.05, 0.1) is 18.4 Å². The zero-order valence-electron chi connectivity index (χ0n) is 22.4. The average molecular weight is 504 g/mol. The van der Waals surface area contributed by atoms with Gasteiger partial charge >= 0.3 is 5.97 Å². The summed E-state index contributed by atoms with van der Waals surface area (Å²) in [7, 11) is 6.05. The van der Waals surface area contributed by atoms with E-state index in [1.54, 1.807) is 13.2 Å². The van der Waals surface area contributed by atoms with E-state index in [2.05, 4.69) is 52.7 Å². The fourth-order valence-electron chi connectivity index (χ4n) is 7.30. The van der Waals surface area contributed by atoms with Crippen LogP contribution in [0.5, 0.6) is 5.75 Å². The number of hydrogen-bond donors (Lipinski definition) is 1. The van der Waals surface area contributed by atoms with Crippen LogP contribution in [0, 0.1) is 5.92 Å². The van der Waals surface area contributed by atoms with Gasteiger partial charge in [-0.2, -0.15) is 0 Å². The van der Waals surface area contributed by atoms with Crippen molar-refractivity contribution in [1.82, 2.24) is 14.4 Å². The van der Waals surface area contributed by atoms with E-state index in [4.69, 9.17) is 4.74 Å². The fourth-order valence-corrected chi connectivity index (χ4v) is 7.30. The van der Waals surface area contributed by atoms with E-state index in [0.29, 0.717) is 23.4 Å². The number of hydrogen-bond acceptors (Lipinski definition) is 4. The first-order valence-electron chi connectivity index (χ1n) is 13.9. The van der Waals surface area contributed by atoms with Gasteiger partial charge in [-0.1, -0.05) is 25.3 Å². The summed E-state index contributed by atoms with van der Waals surface area (Å²) in [6.07, 6.45) is 7.41. The molecule has 0 amide bonds. The number of carboxylic acids is 1. The highest BCUT2D eigenvalue weighted by Gasteiger charge is 2.41. The number of ether oxygens (including phenoxy) is 1. The molecule has 1 saturated heterocycles. The Morgan fingerprint density at radius 1 is 1.11 bits per heavy atom. The van der Waals surface area contributed by atoms with Crippen molar-refractivity contribution < 1.29 is 16.1 Å². The van der Waals surface area contributed by atoms with Crippen LogP contribution < -0.4 is 4.74 Å². The molecule has 198 valence electrons. The Bertz CT molecular complexity index is 1330. The van der Waals surface area contributed by atoms with Gasteiger partial charge in [-0.25, -0.2) is 4.79 Å². The second kappa shape index (κ2) is 9.80. The van der Waals surface area contributed by atoms with Crippen LogP contribution >= 0.6 is 0 Å². The Kier molecular flexibility index (Phi) is 6.49. The van der Waals surface area contributed by atoms with Crippen LogP contribution in [0.4, 0.5) is 0 Å². The zero-order valence-corrected chi connectivity index (χ0v) is 22.4. The van der Waals surface area contributed by atoms with E-state index in [1.807, 2.05) is 6.07 Å². The Hall–Kier alpha value is -2.83. The number of rotatable bonds is 6. The number of aromatic nitrogens is 1. The van der Waals surface area contributed by atoms with Gasteiger partial charge in [-0.3, -0.25) is 4.90 Å². The van der Waals surface area contributed by atoms with Crippen molar-refractivity contribution in [3.05, 3.63) is 53.1 Å². The minimum atomic E-state index is -0.857. The molecule has 2 aliphatic heterocycles. The first-order valence-corrected chi connectivity index (χ1v) is 13.9. The molecule has 1 saturated carbocycles. The van der Waals surface area contributed by atoms with Crippen molar-refractivity contribution in [1.29, 1.82) is 0 Å². The molecule has 2 aromatic carbocycles. The molecule has 1 aliphatic carbocycles. The van der Waals surface area contributed by atoms with E-state index in [1.165, 1.54) is 59.9 Å². The first kappa shape index (κ1) is 24.5. The van der Waals surface area contributed by atoms with Crippen LogP contribution in [-0.4, -0.2) is 66.3 Å². The number of likely N-dealkylation sites (N-methyl/N-ethyl adjacent to an activating group) is 1. The second-order valence-electron chi connectivity index (χ2n) is 11.5. The molecule has 6 nitrogen and oxygen atoms in total. The van der Waals surface area contributed by atoms with Crippen molar-refractivity contribution >= 4 is 16.9 Å². The van der Waals surface area contributed by atoms with Gasteiger partial charge in [0.25, 0.3) is 0 Å². The standard InChI is InChI=1S/C31H39N3O3.H2/c1-32(2)15-16-33-14-13-22-19-34-27-17-21(31(35)36)9-11-25(27)28(20-7-5-4-6-8-20)30(34)24-12-10-23(37-3)18-26(24)29(22)33;/h9-12,17-18,20,22,29H,4-8,13-16,19H2,1-3H3,(H,35,36);1H/t22-,29+;/m0./s1. The van der Waals surface area contributed by atoms with E-state index in [9.17, 15) is 9.90 Å². The number of carbonyl (C=O) groups is 1. The lowest BCUT2D eigenvalue weighted by Gasteiger charge is -2.30. The van der Waals surface area contributed by atoms with E-state index >= 15 is 0 Å². The van der Waals surface area contributed by atoms with E-state index in [0.717, 1.165) is 43.9 Å². The molecule has 0 unspecified atom stereocenters. The summed E-state index contributed by atoms with van der Waals surface area (Å²) >= 11 is 0. The molecular formula is C31H41N3O3. The molecule has 2 fully saturated rings. The minimum absolute atomic E-state index is 0. The molecule has 3 aromatic rings. The predicted molar refractivity (Wildman–Crippen MR) is 150 cm³/mol. The van der Waals surface area contributed by atoms with Crippen LogP contribution in [0.3, 0.4) is 0 Å². The minimum Gasteiger partial charge on any atom is -0.497 e. The maximum Gasteiger partial charge on any atom is 0.335 e. The second-order valence-corrected chi connectivity index (χ2v) is 11.5. The van der Waals surface area contributed by atoms with Crippen LogP contribution in [0.15, 0.2) is 36.4 Å². The van der Waals surface area contributed by atoms with Gasteiger partial charge in [-0.05, 0) is 93.2 Å². The van der Waals surface area contributed by atoms with Crippen molar-refractivity contribution in [3.63, 3.8) is 0 Å². The summed E-state index contributed by atoms with van der Waals surface area (Å²) in [5.74, 6) is 1.04. The van der Waals surface area contributed by atoms with Crippen LogP contribution in [-0.2, 0) is 6.54 Å². The molecule has 0 radical (unpaired) electrons. The normalized spacial score (nSPS) is 22.1. The largest absolute Gasteiger partial charge is 0.497 e. The molecule has 3 heterocycles. The summed E-state index contributed by atoms with van der Waals surface area (Å²) in [6, 6.07) is 12.8. The fraction of sp³-hybridized carbons (Fsp3) is 0.516. The average Bonchev–Trinajstić information content (AvgIpc) is 3.42. The molecule has 6 heteroatoms. The molecule has 2 atom stereocenters. The molecule has 1 aromatic heterocycles. The number of fused-ring (bicyclic) bond motifs is 7. The Labute approximate surface area is 221 Å². The lowest BCUT2D eigenvalue weighted by atomic mass is 9.81. The van der Waals surface area contributed by atoms with Crippen LogP contribution in [0.2, 0.25) is 0 Å². The molecule has 1 N–H and O–H groups in total. The van der Waals surface area contributed by atoms with Gasteiger partial charge in [0.2, 0.25) is 0 Å². The molecule has 0 bridgehead atoms. The summed E-state index contributed by atoms with van der Waals surface area (Å²) in [6.45, 7) is 4.08. The van der Waals surface area contributed by atoms with Gasteiger partial charge in [0.1, 0.15) is 5.75 Å². The Morgan fingerprint density at radius 2 is 1.92 bits per heavy atom.